The lowest BCUT2D eigenvalue weighted by Crippen LogP contribution is -2.29. The van der Waals surface area contributed by atoms with Crippen molar-refractivity contribution in [1.29, 1.82) is 0 Å². The third-order valence-electron chi connectivity index (χ3n) is 7.28. The zero-order valence-corrected chi connectivity index (χ0v) is 19.8. The quantitative estimate of drug-likeness (QED) is 0.192. The summed E-state index contributed by atoms with van der Waals surface area (Å²) in [5, 5.41) is 0. The minimum absolute atomic E-state index is 0.0245. The first-order chi connectivity index (χ1) is 15.3. The largest absolute Gasteiger partial charge is 0.426 e. The van der Waals surface area contributed by atoms with Gasteiger partial charge in [0.2, 0.25) is 0 Å². The van der Waals surface area contributed by atoms with Gasteiger partial charge in [0.25, 0.3) is 0 Å². The summed E-state index contributed by atoms with van der Waals surface area (Å²) in [5.41, 5.74) is 1.40. The molecule has 174 valence electrons. The van der Waals surface area contributed by atoms with Crippen LogP contribution in [-0.4, -0.2) is 18.7 Å². The second kappa shape index (κ2) is 13.9. The number of hydrogen-bond donors (Lipinski definition) is 0. The molecule has 2 fully saturated rings. The van der Waals surface area contributed by atoms with Crippen molar-refractivity contribution in [2.45, 2.75) is 122 Å². The van der Waals surface area contributed by atoms with Crippen molar-refractivity contribution in [2.75, 3.05) is 6.61 Å². The molecule has 0 unspecified atom stereocenters. The normalized spacial score (nSPS) is 22.4. The van der Waals surface area contributed by atoms with Crippen LogP contribution >= 0.6 is 0 Å². The fourth-order valence-electron chi connectivity index (χ4n) is 5.22. The molecular weight excluding hydrogens is 384 g/mol. The molecule has 0 saturated heterocycles. The number of benzene rings is 1. The lowest BCUT2D eigenvalue weighted by molar-refractivity contribution is -0.141. The van der Waals surface area contributed by atoms with Gasteiger partial charge >= 0.3 is 5.97 Å². The molecule has 0 spiro atoms. The molecule has 3 nitrogen and oxygen atoms in total. The Kier molecular flexibility index (Phi) is 10.9. The van der Waals surface area contributed by atoms with Crippen molar-refractivity contribution in [2.24, 2.45) is 5.92 Å². The first kappa shape index (κ1) is 24.3. The van der Waals surface area contributed by atoms with Crippen LogP contribution in [0, 0.1) is 5.92 Å². The SMILES string of the molecule is CCCCCCCCCOC1CCC(C(=O)Oc2ccc(C3CCCCC3)cc2)CC1. The van der Waals surface area contributed by atoms with Gasteiger partial charge in [-0.25, -0.2) is 0 Å². The molecule has 0 aromatic heterocycles. The van der Waals surface area contributed by atoms with Crippen molar-refractivity contribution < 1.29 is 14.3 Å². The minimum atomic E-state index is -0.0593. The average Bonchev–Trinajstić information content (AvgIpc) is 2.82. The van der Waals surface area contributed by atoms with Crippen LogP contribution in [0.1, 0.15) is 121 Å². The maximum atomic E-state index is 12.6. The molecule has 3 rings (SSSR count). The van der Waals surface area contributed by atoms with E-state index in [2.05, 4.69) is 19.1 Å². The maximum Gasteiger partial charge on any atom is 0.314 e. The zero-order chi connectivity index (χ0) is 21.7. The van der Waals surface area contributed by atoms with E-state index in [0.717, 1.165) is 32.3 Å². The van der Waals surface area contributed by atoms with Gasteiger partial charge in [-0.2, -0.15) is 0 Å². The molecule has 0 aliphatic heterocycles. The van der Waals surface area contributed by atoms with Crippen molar-refractivity contribution in [1.82, 2.24) is 0 Å². The summed E-state index contributed by atoms with van der Waals surface area (Å²) < 4.78 is 11.8. The van der Waals surface area contributed by atoms with Gasteiger partial charge in [-0.05, 0) is 68.6 Å². The van der Waals surface area contributed by atoms with Crippen LogP contribution in [-0.2, 0) is 9.53 Å². The van der Waals surface area contributed by atoms with Crippen LogP contribution in [0.15, 0.2) is 24.3 Å². The van der Waals surface area contributed by atoms with Crippen LogP contribution < -0.4 is 4.74 Å². The summed E-state index contributed by atoms with van der Waals surface area (Å²) in [4.78, 5) is 12.6. The molecule has 0 radical (unpaired) electrons. The van der Waals surface area contributed by atoms with E-state index in [1.54, 1.807) is 0 Å². The molecule has 0 amide bonds. The topological polar surface area (TPSA) is 35.5 Å². The van der Waals surface area contributed by atoms with Crippen LogP contribution in [0.5, 0.6) is 5.75 Å². The second-order valence-electron chi connectivity index (χ2n) is 9.79. The monoisotopic (exact) mass is 428 g/mol. The highest BCUT2D eigenvalue weighted by atomic mass is 16.5. The second-order valence-corrected chi connectivity index (χ2v) is 9.79. The van der Waals surface area contributed by atoms with E-state index in [-0.39, 0.29) is 11.9 Å². The van der Waals surface area contributed by atoms with Gasteiger partial charge in [-0.3, -0.25) is 4.79 Å². The summed E-state index contributed by atoms with van der Waals surface area (Å²) in [5.74, 6) is 1.35. The molecule has 0 bridgehead atoms. The predicted molar refractivity (Wildman–Crippen MR) is 128 cm³/mol. The van der Waals surface area contributed by atoms with Gasteiger partial charge < -0.3 is 9.47 Å². The predicted octanol–water partition coefficient (Wildman–Crippen LogP) is 7.97. The van der Waals surface area contributed by atoms with Crippen molar-refractivity contribution in [3.63, 3.8) is 0 Å². The lowest BCUT2D eigenvalue weighted by Gasteiger charge is -2.27. The van der Waals surface area contributed by atoms with Crippen molar-refractivity contribution in [3.8, 4) is 5.75 Å². The molecule has 1 aromatic rings. The highest BCUT2D eigenvalue weighted by molar-refractivity contribution is 5.75. The molecule has 0 atom stereocenters. The molecule has 0 N–H and O–H groups in total. The Morgan fingerprint density at radius 2 is 1.45 bits per heavy atom. The van der Waals surface area contributed by atoms with E-state index in [4.69, 9.17) is 9.47 Å². The molecule has 3 heteroatoms. The molecule has 2 saturated carbocycles. The van der Waals surface area contributed by atoms with Crippen LogP contribution in [0.3, 0.4) is 0 Å². The van der Waals surface area contributed by atoms with Gasteiger partial charge in [0, 0.05) is 6.61 Å². The van der Waals surface area contributed by atoms with Gasteiger partial charge in [0.05, 0.1) is 12.0 Å². The third-order valence-corrected chi connectivity index (χ3v) is 7.28. The standard InChI is InChI=1S/C28H44O3/c1-2-3-4-5-6-7-11-22-30-26-18-16-25(17-19-26)28(29)31-27-20-14-24(15-21-27)23-12-9-8-10-13-23/h14-15,20-21,23,25-26H,2-13,16-19,22H2,1H3. The Labute approximate surface area is 190 Å². The number of esters is 1. The number of rotatable bonds is 12. The highest BCUT2D eigenvalue weighted by Crippen LogP contribution is 2.33. The Morgan fingerprint density at radius 3 is 2.13 bits per heavy atom. The summed E-state index contributed by atoms with van der Waals surface area (Å²) in [6.45, 7) is 3.14. The first-order valence-electron chi connectivity index (χ1n) is 13.2. The number of hydrogen-bond acceptors (Lipinski definition) is 3. The van der Waals surface area contributed by atoms with Gasteiger partial charge in [0.1, 0.15) is 5.75 Å². The summed E-state index contributed by atoms with van der Waals surface area (Å²) in [7, 11) is 0. The van der Waals surface area contributed by atoms with Crippen LogP contribution in [0.25, 0.3) is 0 Å². The Hall–Kier alpha value is -1.35. The highest BCUT2D eigenvalue weighted by Gasteiger charge is 2.28. The van der Waals surface area contributed by atoms with Crippen LogP contribution in [0.4, 0.5) is 0 Å². The molecular formula is C28H44O3. The summed E-state index contributed by atoms with van der Waals surface area (Å²) in [6.07, 6.45) is 19.9. The van der Waals surface area contributed by atoms with E-state index < -0.39 is 0 Å². The Morgan fingerprint density at radius 1 is 0.806 bits per heavy atom. The summed E-state index contributed by atoms with van der Waals surface area (Å²) >= 11 is 0. The summed E-state index contributed by atoms with van der Waals surface area (Å²) in [6, 6.07) is 8.29. The number of carbonyl (C=O) groups excluding carboxylic acids is 1. The van der Waals surface area contributed by atoms with Gasteiger partial charge in [-0.1, -0.05) is 76.8 Å². The molecule has 1 aromatic carbocycles. The van der Waals surface area contributed by atoms with E-state index in [1.165, 1.54) is 82.6 Å². The fraction of sp³-hybridized carbons (Fsp3) is 0.750. The average molecular weight is 429 g/mol. The fourth-order valence-corrected chi connectivity index (χ4v) is 5.22. The zero-order valence-electron chi connectivity index (χ0n) is 19.8. The Bertz CT molecular complexity index is 610. The molecule has 2 aliphatic rings. The molecule has 2 aliphatic carbocycles. The van der Waals surface area contributed by atoms with Gasteiger partial charge in [0.15, 0.2) is 0 Å². The first-order valence-corrected chi connectivity index (χ1v) is 13.2. The Balaban J connectivity index is 1.28. The maximum absolute atomic E-state index is 12.6. The van der Waals surface area contributed by atoms with E-state index >= 15 is 0 Å². The van der Waals surface area contributed by atoms with Gasteiger partial charge in [-0.15, -0.1) is 0 Å². The molecule has 31 heavy (non-hydrogen) atoms. The van der Waals surface area contributed by atoms with E-state index in [9.17, 15) is 4.79 Å². The number of ether oxygens (including phenoxy) is 2. The van der Waals surface area contributed by atoms with Crippen molar-refractivity contribution >= 4 is 5.97 Å². The van der Waals surface area contributed by atoms with E-state index in [0.29, 0.717) is 17.8 Å². The minimum Gasteiger partial charge on any atom is -0.426 e. The third kappa shape index (κ3) is 8.60. The van der Waals surface area contributed by atoms with Crippen LogP contribution in [0.2, 0.25) is 0 Å². The lowest BCUT2D eigenvalue weighted by atomic mass is 9.84. The number of carbonyl (C=O) groups is 1. The van der Waals surface area contributed by atoms with Crippen molar-refractivity contribution in [3.05, 3.63) is 29.8 Å². The molecule has 0 heterocycles. The van der Waals surface area contributed by atoms with E-state index in [1.807, 2.05) is 12.1 Å². The number of unbranched alkanes of at least 4 members (excludes halogenated alkanes) is 6. The smallest absolute Gasteiger partial charge is 0.314 e.